The fourth-order valence-electron chi connectivity index (χ4n) is 1.85. The lowest BCUT2D eigenvalue weighted by Gasteiger charge is -2.09. The second-order valence-corrected chi connectivity index (χ2v) is 5.56. The van der Waals surface area contributed by atoms with E-state index >= 15 is 0 Å². The normalized spacial score (nSPS) is 10.6. The van der Waals surface area contributed by atoms with Crippen LogP contribution in [-0.2, 0) is 11.3 Å². The second-order valence-electron chi connectivity index (χ2n) is 4.57. The van der Waals surface area contributed by atoms with E-state index in [2.05, 4.69) is 26.9 Å². The summed E-state index contributed by atoms with van der Waals surface area (Å²) in [6.07, 6.45) is 7.22. The molecule has 114 valence electrons. The van der Waals surface area contributed by atoms with E-state index in [4.69, 9.17) is 4.74 Å². The molecule has 0 aliphatic carbocycles. The fraction of sp³-hybridized carbons (Fsp3) is 0.714. The van der Waals surface area contributed by atoms with Gasteiger partial charge < -0.3 is 15.4 Å². The number of aromatic nitrogens is 2. The van der Waals surface area contributed by atoms with Crippen molar-refractivity contribution in [1.82, 2.24) is 9.97 Å². The van der Waals surface area contributed by atoms with Crippen molar-refractivity contribution in [2.24, 2.45) is 0 Å². The first-order valence-corrected chi connectivity index (χ1v) is 8.47. The molecule has 0 radical (unpaired) electrons. The average Bonchev–Trinajstić information content (AvgIpc) is 2.46. The maximum atomic E-state index is 5.08. The van der Waals surface area contributed by atoms with Crippen molar-refractivity contribution in [3.05, 3.63) is 11.9 Å². The molecule has 0 aromatic carbocycles. The Morgan fingerprint density at radius 1 is 1.15 bits per heavy atom. The molecule has 0 spiro atoms. The average molecular weight is 298 g/mol. The molecule has 0 fully saturated rings. The molecule has 0 amide bonds. The number of thioether (sulfide) groups is 1. The standard InChI is InChI=1S/C14H26N4OS/c1-15-12-10-13(18-14(17-12)11-19-2)16-8-6-4-5-7-9-20-3/h10H,4-9,11H2,1-3H3,(H2,15,16,17,18). The molecule has 0 aliphatic heterocycles. The highest BCUT2D eigenvalue weighted by Gasteiger charge is 2.03. The minimum Gasteiger partial charge on any atom is -0.377 e. The summed E-state index contributed by atoms with van der Waals surface area (Å²) in [5.41, 5.74) is 0. The number of hydrogen-bond donors (Lipinski definition) is 2. The van der Waals surface area contributed by atoms with Crippen LogP contribution in [0.3, 0.4) is 0 Å². The highest BCUT2D eigenvalue weighted by molar-refractivity contribution is 7.98. The number of ether oxygens (including phenoxy) is 1. The van der Waals surface area contributed by atoms with Crippen molar-refractivity contribution in [2.45, 2.75) is 32.3 Å². The molecule has 1 rings (SSSR count). The largest absolute Gasteiger partial charge is 0.377 e. The third-order valence-electron chi connectivity index (χ3n) is 2.88. The molecule has 5 nitrogen and oxygen atoms in total. The minimum atomic E-state index is 0.429. The summed E-state index contributed by atoms with van der Waals surface area (Å²) in [4.78, 5) is 8.76. The highest BCUT2D eigenvalue weighted by Crippen LogP contribution is 2.12. The van der Waals surface area contributed by atoms with Gasteiger partial charge in [0.25, 0.3) is 0 Å². The van der Waals surface area contributed by atoms with Crippen molar-refractivity contribution in [3.8, 4) is 0 Å². The van der Waals surface area contributed by atoms with Gasteiger partial charge >= 0.3 is 0 Å². The Kier molecular flexibility index (Phi) is 9.15. The van der Waals surface area contributed by atoms with Crippen LogP contribution in [-0.4, -0.2) is 42.7 Å². The van der Waals surface area contributed by atoms with Gasteiger partial charge in [-0.2, -0.15) is 11.8 Å². The van der Waals surface area contributed by atoms with Gasteiger partial charge in [-0.25, -0.2) is 9.97 Å². The van der Waals surface area contributed by atoms with Crippen LogP contribution in [0.1, 0.15) is 31.5 Å². The smallest absolute Gasteiger partial charge is 0.158 e. The number of nitrogens with zero attached hydrogens (tertiary/aromatic N) is 2. The van der Waals surface area contributed by atoms with E-state index in [-0.39, 0.29) is 0 Å². The number of unbranched alkanes of at least 4 members (excludes halogenated alkanes) is 3. The summed E-state index contributed by atoms with van der Waals surface area (Å²) >= 11 is 1.92. The number of nitrogens with one attached hydrogen (secondary N) is 2. The van der Waals surface area contributed by atoms with Crippen molar-refractivity contribution in [2.75, 3.05) is 43.3 Å². The first kappa shape index (κ1) is 17.0. The number of methoxy groups -OCH3 is 1. The van der Waals surface area contributed by atoms with Crippen LogP contribution in [0.5, 0.6) is 0 Å². The fourth-order valence-corrected chi connectivity index (χ4v) is 2.34. The number of rotatable bonds is 11. The summed E-state index contributed by atoms with van der Waals surface area (Å²) in [6, 6.07) is 1.92. The van der Waals surface area contributed by atoms with E-state index < -0.39 is 0 Å². The van der Waals surface area contributed by atoms with Crippen molar-refractivity contribution in [1.29, 1.82) is 0 Å². The van der Waals surface area contributed by atoms with Gasteiger partial charge in [-0.15, -0.1) is 0 Å². The van der Waals surface area contributed by atoms with Crippen molar-refractivity contribution >= 4 is 23.4 Å². The van der Waals surface area contributed by atoms with Gasteiger partial charge in [0.1, 0.15) is 18.2 Å². The Morgan fingerprint density at radius 2 is 1.90 bits per heavy atom. The van der Waals surface area contributed by atoms with Crippen LogP contribution in [0.4, 0.5) is 11.6 Å². The molecule has 0 unspecified atom stereocenters. The lowest BCUT2D eigenvalue weighted by molar-refractivity contribution is 0.178. The summed E-state index contributed by atoms with van der Waals surface area (Å²) < 4.78 is 5.08. The van der Waals surface area contributed by atoms with Gasteiger partial charge in [-0.1, -0.05) is 12.8 Å². The van der Waals surface area contributed by atoms with Gasteiger partial charge in [0.05, 0.1) is 0 Å². The Balaban J connectivity index is 2.33. The van der Waals surface area contributed by atoms with Gasteiger partial charge in [0.15, 0.2) is 5.82 Å². The van der Waals surface area contributed by atoms with E-state index in [9.17, 15) is 0 Å². The van der Waals surface area contributed by atoms with Crippen LogP contribution in [0.15, 0.2) is 6.07 Å². The molecule has 1 aromatic rings. The SMILES string of the molecule is CNc1cc(NCCCCCCSC)nc(COC)n1. The third kappa shape index (κ3) is 6.96. The minimum absolute atomic E-state index is 0.429. The van der Waals surface area contributed by atoms with Crippen LogP contribution in [0.25, 0.3) is 0 Å². The van der Waals surface area contributed by atoms with Gasteiger partial charge in [0, 0.05) is 26.8 Å². The molecule has 2 N–H and O–H groups in total. The van der Waals surface area contributed by atoms with E-state index in [1.54, 1.807) is 7.11 Å². The predicted molar refractivity (Wildman–Crippen MR) is 87.6 cm³/mol. The number of hydrogen-bond acceptors (Lipinski definition) is 6. The van der Waals surface area contributed by atoms with Crippen LogP contribution in [0, 0.1) is 0 Å². The molecule has 0 saturated carbocycles. The maximum absolute atomic E-state index is 5.08. The first-order valence-electron chi connectivity index (χ1n) is 7.07. The second kappa shape index (κ2) is 10.7. The molecule has 6 heteroatoms. The zero-order chi connectivity index (χ0) is 14.6. The van der Waals surface area contributed by atoms with Gasteiger partial charge in [-0.3, -0.25) is 0 Å². The monoisotopic (exact) mass is 298 g/mol. The molecule has 0 saturated heterocycles. The Bertz CT molecular complexity index is 376. The quantitative estimate of drug-likeness (QED) is 0.612. The lowest BCUT2D eigenvalue weighted by Crippen LogP contribution is -2.08. The van der Waals surface area contributed by atoms with Crippen LogP contribution < -0.4 is 10.6 Å². The van der Waals surface area contributed by atoms with Crippen molar-refractivity contribution < 1.29 is 4.74 Å². The molecular formula is C14H26N4OS. The number of anilines is 2. The summed E-state index contributed by atoms with van der Waals surface area (Å²) in [5.74, 6) is 3.64. The van der Waals surface area contributed by atoms with Crippen molar-refractivity contribution in [3.63, 3.8) is 0 Å². The first-order chi connectivity index (χ1) is 9.80. The van der Waals surface area contributed by atoms with E-state index in [0.29, 0.717) is 12.4 Å². The lowest BCUT2D eigenvalue weighted by atomic mass is 10.2. The predicted octanol–water partition coefficient (Wildman–Crippen LogP) is 3.00. The Labute approximate surface area is 126 Å². The molecule has 0 aliphatic rings. The molecule has 0 atom stereocenters. The molecular weight excluding hydrogens is 272 g/mol. The Morgan fingerprint density at radius 3 is 2.60 bits per heavy atom. The molecule has 1 heterocycles. The maximum Gasteiger partial charge on any atom is 0.158 e. The Hall–Kier alpha value is -1.01. The topological polar surface area (TPSA) is 59.1 Å². The van der Waals surface area contributed by atoms with Crippen LogP contribution >= 0.6 is 11.8 Å². The van der Waals surface area contributed by atoms with E-state index in [0.717, 1.165) is 18.2 Å². The molecule has 1 aromatic heterocycles. The molecule has 0 bridgehead atoms. The van der Waals surface area contributed by atoms with Gasteiger partial charge in [-0.05, 0) is 24.9 Å². The zero-order valence-electron chi connectivity index (χ0n) is 12.7. The third-order valence-corrected chi connectivity index (χ3v) is 3.58. The summed E-state index contributed by atoms with van der Waals surface area (Å²) in [5, 5.41) is 6.40. The molecule has 20 heavy (non-hydrogen) atoms. The highest BCUT2D eigenvalue weighted by atomic mass is 32.2. The van der Waals surface area contributed by atoms with Gasteiger partial charge in [0.2, 0.25) is 0 Å². The summed E-state index contributed by atoms with van der Waals surface area (Å²) in [7, 11) is 3.51. The van der Waals surface area contributed by atoms with E-state index in [1.807, 2.05) is 24.9 Å². The van der Waals surface area contributed by atoms with E-state index in [1.165, 1.54) is 31.4 Å². The zero-order valence-corrected chi connectivity index (χ0v) is 13.6. The summed E-state index contributed by atoms with van der Waals surface area (Å²) in [6.45, 7) is 1.38. The van der Waals surface area contributed by atoms with Crippen LogP contribution in [0.2, 0.25) is 0 Å².